The fourth-order valence-corrected chi connectivity index (χ4v) is 4.47. The molecule has 2 aliphatic heterocycles. The van der Waals surface area contributed by atoms with E-state index in [1.165, 1.54) is 11.5 Å². The third-order valence-corrected chi connectivity index (χ3v) is 6.21. The van der Waals surface area contributed by atoms with Gasteiger partial charge in [-0.25, -0.2) is 0 Å². The Bertz CT molecular complexity index is 576. The number of hydrogen-bond acceptors (Lipinski definition) is 7. The van der Waals surface area contributed by atoms with Crippen LogP contribution in [0.5, 0.6) is 11.5 Å². The summed E-state index contributed by atoms with van der Waals surface area (Å²) in [6, 6.07) is 6.01. The molecule has 2 aliphatic rings. The molecule has 7 heteroatoms. The van der Waals surface area contributed by atoms with E-state index < -0.39 is 6.10 Å². The van der Waals surface area contributed by atoms with Crippen LogP contribution in [0.3, 0.4) is 0 Å². The molecule has 152 valence electrons. The van der Waals surface area contributed by atoms with Gasteiger partial charge in [0.05, 0.1) is 7.11 Å². The Kier molecular flexibility index (Phi) is 8.08. The first-order valence-corrected chi connectivity index (χ1v) is 11.0. The number of likely N-dealkylation sites (N-methyl/N-ethyl adjacent to an activating group) is 1. The van der Waals surface area contributed by atoms with Crippen molar-refractivity contribution in [1.29, 1.82) is 0 Å². The van der Waals surface area contributed by atoms with E-state index in [1.54, 1.807) is 7.11 Å². The molecule has 2 heterocycles. The van der Waals surface area contributed by atoms with Gasteiger partial charge in [0.1, 0.15) is 24.2 Å². The quantitative estimate of drug-likeness (QED) is 0.710. The minimum absolute atomic E-state index is 0.308. The first-order valence-electron chi connectivity index (χ1n) is 9.83. The van der Waals surface area contributed by atoms with E-state index in [2.05, 4.69) is 27.8 Å². The second-order valence-corrected chi connectivity index (χ2v) is 8.66. The summed E-state index contributed by atoms with van der Waals surface area (Å²) in [5, 5.41) is 10.4. The third-order valence-electron chi connectivity index (χ3n) is 5.27. The highest BCUT2D eigenvalue weighted by atomic mass is 32.2. The van der Waals surface area contributed by atoms with Crippen LogP contribution in [0, 0.1) is 0 Å². The Morgan fingerprint density at radius 3 is 2.52 bits per heavy atom. The van der Waals surface area contributed by atoms with Crippen LogP contribution in [0.4, 0.5) is 0 Å². The SMILES string of the molecule is COc1ccc(CN2CCSCC2)c(OCC(O)CN2CCN(C)CC2)c1. The predicted octanol–water partition coefficient (Wildman–Crippen LogP) is 1.23. The van der Waals surface area contributed by atoms with Crippen molar-refractivity contribution in [2.75, 3.05) is 78.1 Å². The molecule has 1 aromatic carbocycles. The summed E-state index contributed by atoms with van der Waals surface area (Å²) in [5.74, 6) is 3.99. The zero-order valence-corrected chi connectivity index (χ0v) is 17.4. The number of rotatable bonds is 8. The van der Waals surface area contributed by atoms with E-state index in [0.29, 0.717) is 13.2 Å². The molecule has 1 atom stereocenters. The smallest absolute Gasteiger partial charge is 0.127 e. The van der Waals surface area contributed by atoms with Gasteiger partial charge in [-0.15, -0.1) is 0 Å². The van der Waals surface area contributed by atoms with Gasteiger partial charge < -0.3 is 19.5 Å². The maximum absolute atomic E-state index is 10.4. The van der Waals surface area contributed by atoms with Crippen molar-refractivity contribution in [3.05, 3.63) is 23.8 Å². The summed E-state index contributed by atoms with van der Waals surface area (Å²) in [5.41, 5.74) is 1.16. The second kappa shape index (κ2) is 10.5. The van der Waals surface area contributed by atoms with Crippen LogP contribution in [-0.2, 0) is 6.54 Å². The lowest BCUT2D eigenvalue weighted by Gasteiger charge is -2.33. The van der Waals surface area contributed by atoms with E-state index >= 15 is 0 Å². The normalized spacial score (nSPS) is 21.1. The number of aliphatic hydroxyl groups is 1. The lowest BCUT2D eigenvalue weighted by molar-refractivity contribution is 0.0500. The fraction of sp³-hybridized carbons (Fsp3) is 0.700. The number of thioether (sulfide) groups is 1. The number of β-amino-alcohol motifs (C(OH)–C–C–N with tert-alkyl or cyclic N) is 1. The summed E-state index contributed by atoms with van der Waals surface area (Å²) in [6.45, 7) is 8.21. The van der Waals surface area contributed by atoms with Gasteiger partial charge in [-0.05, 0) is 13.1 Å². The largest absolute Gasteiger partial charge is 0.497 e. The third kappa shape index (κ3) is 6.54. The first kappa shape index (κ1) is 20.7. The maximum Gasteiger partial charge on any atom is 0.127 e. The summed E-state index contributed by atoms with van der Waals surface area (Å²) >= 11 is 2.02. The zero-order chi connectivity index (χ0) is 19.1. The van der Waals surface area contributed by atoms with Gasteiger partial charge in [-0.1, -0.05) is 6.07 Å². The molecule has 0 saturated carbocycles. The average Bonchev–Trinajstić information content (AvgIpc) is 2.70. The lowest BCUT2D eigenvalue weighted by Crippen LogP contribution is -2.47. The molecule has 3 rings (SSSR count). The highest BCUT2D eigenvalue weighted by molar-refractivity contribution is 7.99. The van der Waals surface area contributed by atoms with Crippen molar-refractivity contribution in [1.82, 2.24) is 14.7 Å². The number of piperazine rings is 1. The monoisotopic (exact) mass is 395 g/mol. The van der Waals surface area contributed by atoms with Crippen LogP contribution in [0.1, 0.15) is 5.56 Å². The van der Waals surface area contributed by atoms with Crippen LogP contribution in [0.15, 0.2) is 18.2 Å². The van der Waals surface area contributed by atoms with Crippen molar-refractivity contribution >= 4 is 11.8 Å². The molecule has 27 heavy (non-hydrogen) atoms. The van der Waals surface area contributed by atoms with Crippen LogP contribution in [0.25, 0.3) is 0 Å². The summed E-state index contributed by atoms with van der Waals surface area (Å²) in [4.78, 5) is 7.10. The number of ether oxygens (including phenoxy) is 2. The Morgan fingerprint density at radius 2 is 1.81 bits per heavy atom. The molecule has 1 N–H and O–H groups in total. The molecule has 0 radical (unpaired) electrons. The van der Waals surface area contributed by atoms with Gasteiger partial charge in [-0.3, -0.25) is 9.80 Å². The number of nitrogens with zero attached hydrogens (tertiary/aromatic N) is 3. The van der Waals surface area contributed by atoms with Crippen molar-refractivity contribution < 1.29 is 14.6 Å². The first-order chi connectivity index (χ1) is 13.1. The number of benzene rings is 1. The molecule has 0 bridgehead atoms. The zero-order valence-electron chi connectivity index (χ0n) is 16.6. The molecule has 2 fully saturated rings. The van der Waals surface area contributed by atoms with Crippen LogP contribution >= 0.6 is 11.8 Å². The predicted molar refractivity (Wildman–Crippen MR) is 111 cm³/mol. The summed E-state index contributed by atoms with van der Waals surface area (Å²) in [6.07, 6.45) is -0.487. The Balaban J connectivity index is 1.55. The van der Waals surface area contributed by atoms with Crippen molar-refractivity contribution in [3.8, 4) is 11.5 Å². The van der Waals surface area contributed by atoms with Gasteiger partial charge in [-0.2, -0.15) is 11.8 Å². The second-order valence-electron chi connectivity index (χ2n) is 7.43. The topological polar surface area (TPSA) is 48.4 Å². The average molecular weight is 396 g/mol. The number of methoxy groups -OCH3 is 1. The highest BCUT2D eigenvalue weighted by Gasteiger charge is 2.19. The molecule has 0 spiro atoms. The van der Waals surface area contributed by atoms with Crippen LogP contribution in [0.2, 0.25) is 0 Å². The standard InChI is InChI=1S/C20H33N3O3S/c1-21-5-7-22(8-6-21)15-18(24)16-26-20-13-19(25-2)4-3-17(20)14-23-9-11-27-12-10-23/h3-4,13,18,24H,5-12,14-16H2,1-2H3. The Hall–Kier alpha value is -0.990. The molecule has 1 aromatic rings. The molecule has 0 amide bonds. The lowest BCUT2D eigenvalue weighted by atomic mass is 10.1. The molecule has 0 aliphatic carbocycles. The van der Waals surface area contributed by atoms with E-state index in [0.717, 1.165) is 62.9 Å². The number of hydrogen-bond donors (Lipinski definition) is 1. The van der Waals surface area contributed by atoms with Gasteiger partial charge in [0.2, 0.25) is 0 Å². The van der Waals surface area contributed by atoms with E-state index in [1.807, 2.05) is 23.9 Å². The van der Waals surface area contributed by atoms with Gasteiger partial charge in [0.15, 0.2) is 0 Å². The van der Waals surface area contributed by atoms with E-state index in [4.69, 9.17) is 9.47 Å². The van der Waals surface area contributed by atoms with Crippen LogP contribution < -0.4 is 9.47 Å². The Morgan fingerprint density at radius 1 is 1.07 bits per heavy atom. The van der Waals surface area contributed by atoms with Gasteiger partial charge in [0.25, 0.3) is 0 Å². The minimum atomic E-state index is -0.487. The van der Waals surface area contributed by atoms with Crippen LogP contribution in [-0.4, -0.2) is 104 Å². The van der Waals surface area contributed by atoms with Gasteiger partial charge in [0, 0.05) is 75.5 Å². The minimum Gasteiger partial charge on any atom is -0.497 e. The van der Waals surface area contributed by atoms with Crippen molar-refractivity contribution in [2.45, 2.75) is 12.6 Å². The summed E-state index contributed by atoms with van der Waals surface area (Å²) in [7, 11) is 3.81. The molecule has 6 nitrogen and oxygen atoms in total. The molecule has 0 aromatic heterocycles. The molecular formula is C20H33N3O3S. The molecule has 2 saturated heterocycles. The van der Waals surface area contributed by atoms with Gasteiger partial charge >= 0.3 is 0 Å². The van der Waals surface area contributed by atoms with Crippen molar-refractivity contribution in [2.24, 2.45) is 0 Å². The summed E-state index contributed by atoms with van der Waals surface area (Å²) < 4.78 is 11.4. The molecule has 1 unspecified atom stereocenters. The Labute approximate surface area is 167 Å². The number of aliphatic hydroxyl groups excluding tert-OH is 1. The highest BCUT2D eigenvalue weighted by Crippen LogP contribution is 2.27. The van der Waals surface area contributed by atoms with Crippen molar-refractivity contribution in [3.63, 3.8) is 0 Å². The van der Waals surface area contributed by atoms with E-state index in [9.17, 15) is 5.11 Å². The fourth-order valence-electron chi connectivity index (χ4n) is 3.49. The van der Waals surface area contributed by atoms with E-state index in [-0.39, 0.29) is 0 Å². The molecular weight excluding hydrogens is 362 g/mol. The maximum atomic E-state index is 10.4.